The highest BCUT2D eigenvalue weighted by Gasteiger charge is 2.18. The SMILES string of the molecule is CCc1ccc(-c2nc3ccc(C)cn3c2CC(=O)O)s1. The van der Waals surface area contributed by atoms with Crippen LogP contribution in [0.2, 0.25) is 0 Å². The third-order valence-electron chi connectivity index (χ3n) is 3.43. The smallest absolute Gasteiger partial charge is 0.309 e. The molecule has 0 saturated heterocycles. The van der Waals surface area contributed by atoms with Gasteiger partial charge in [0.1, 0.15) is 11.3 Å². The van der Waals surface area contributed by atoms with E-state index in [0.29, 0.717) is 0 Å². The fraction of sp³-hybridized carbons (Fsp3) is 0.250. The van der Waals surface area contributed by atoms with Crippen molar-refractivity contribution in [2.45, 2.75) is 26.7 Å². The first-order valence-electron chi connectivity index (χ1n) is 6.87. The second-order valence-electron chi connectivity index (χ2n) is 5.03. The Balaban J connectivity index is 2.22. The molecule has 0 aliphatic rings. The van der Waals surface area contributed by atoms with Gasteiger partial charge in [0.25, 0.3) is 0 Å². The van der Waals surface area contributed by atoms with Crippen molar-refractivity contribution >= 4 is 23.0 Å². The van der Waals surface area contributed by atoms with Crippen LogP contribution in [0.1, 0.15) is 23.1 Å². The van der Waals surface area contributed by atoms with Crippen molar-refractivity contribution in [1.29, 1.82) is 0 Å². The maximum absolute atomic E-state index is 11.2. The number of carboxylic acid groups (broad SMARTS) is 1. The molecule has 0 aliphatic heterocycles. The Kier molecular flexibility index (Phi) is 3.51. The highest BCUT2D eigenvalue weighted by Crippen LogP contribution is 2.31. The predicted octanol–water partition coefficient (Wildman–Crippen LogP) is 3.56. The first-order chi connectivity index (χ1) is 10.1. The van der Waals surface area contributed by atoms with E-state index < -0.39 is 5.97 Å². The molecule has 0 aromatic carbocycles. The Labute approximate surface area is 126 Å². The normalized spacial score (nSPS) is 11.1. The standard InChI is InChI=1S/C16H16N2O2S/c1-3-11-5-6-13(21-11)16-12(8-15(19)20)18-9-10(2)4-7-14(18)17-16/h4-7,9H,3,8H2,1-2H3,(H,19,20). The Morgan fingerprint density at radius 2 is 2.14 bits per heavy atom. The second kappa shape index (κ2) is 5.33. The molecule has 3 rings (SSSR count). The number of rotatable bonds is 4. The minimum absolute atomic E-state index is 0.0285. The van der Waals surface area contributed by atoms with Crippen molar-refractivity contribution in [3.8, 4) is 10.6 Å². The zero-order chi connectivity index (χ0) is 15.0. The number of imidazole rings is 1. The number of fused-ring (bicyclic) bond motifs is 1. The number of hydrogen-bond acceptors (Lipinski definition) is 3. The molecule has 3 aromatic heterocycles. The molecular weight excluding hydrogens is 284 g/mol. The molecule has 5 heteroatoms. The summed E-state index contributed by atoms with van der Waals surface area (Å²) in [4.78, 5) is 18.1. The number of carbonyl (C=O) groups is 1. The van der Waals surface area contributed by atoms with Crippen molar-refractivity contribution < 1.29 is 9.90 Å². The predicted molar refractivity (Wildman–Crippen MR) is 84.0 cm³/mol. The third-order valence-corrected chi connectivity index (χ3v) is 4.66. The first-order valence-corrected chi connectivity index (χ1v) is 7.68. The monoisotopic (exact) mass is 300 g/mol. The summed E-state index contributed by atoms with van der Waals surface area (Å²) < 4.78 is 1.89. The number of aliphatic carboxylic acids is 1. The quantitative estimate of drug-likeness (QED) is 0.801. The van der Waals surface area contributed by atoms with E-state index in [4.69, 9.17) is 0 Å². The summed E-state index contributed by atoms with van der Waals surface area (Å²) in [6.07, 6.45) is 2.89. The fourth-order valence-electron chi connectivity index (χ4n) is 2.40. The maximum atomic E-state index is 11.2. The van der Waals surface area contributed by atoms with Crippen LogP contribution in [0, 0.1) is 6.92 Å². The van der Waals surface area contributed by atoms with Gasteiger partial charge in [-0.05, 0) is 37.1 Å². The lowest BCUT2D eigenvalue weighted by Crippen LogP contribution is -2.04. The summed E-state index contributed by atoms with van der Waals surface area (Å²) in [5, 5.41) is 9.20. The first kappa shape index (κ1) is 13.8. The highest BCUT2D eigenvalue weighted by atomic mass is 32.1. The van der Waals surface area contributed by atoms with Crippen molar-refractivity contribution in [3.63, 3.8) is 0 Å². The molecule has 0 atom stereocenters. The van der Waals surface area contributed by atoms with Crippen LogP contribution >= 0.6 is 11.3 Å². The summed E-state index contributed by atoms with van der Waals surface area (Å²) in [5.74, 6) is -0.841. The summed E-state index contributed by atoms with van der Waals surface area (Å²) in [6.45, 7) is 4.10. The molecule has 0 unspecified atom stereocenters. The Hall–Kier alpha value is -2.14. The van der Waals surface area contributed by atoms with E-state index in [9.17, 15) is 9.90 Å². The van der Waals surface area contributed by atoms with E-state index in [0.717, 1.165) is 33.9 Å². The van der Waals surface area contributed by atoms with E-state index in [1.54, 1.807) is 11.3 Å². The molecule has 0 spiro atoms. The average molecular weight is 300 g/mol. The minimum atomic E-state index is -0.841. The summed E-state index contributed by atoms with van der Waals surface area (Å²) >= 11 is 1.68. The van der Waals surface area contributed by atoms with Gasteiger partial charge in [-0.3, -0.25) is 4.79 Å². The number of nitrogens with zero attached hydrogens (tertiary/aromatic N) is 2. The third kappa shape index (κ3) is 2.56. The number of hydrogen-bond donors (Lipinski definition) is 1. The molecule has 108 valence electrons. The molecular formula is C16H16N2O2S. The van der Waals surface area contributed by atoms with E-state index in [1.165, 1.54) is 4.88 Å². The van der Waals surface area contributed by atoms with E-state index in [2.05, 4.69) is 18.0 Å². The Morgan fingerprint density at radius 1 is 1.33 bits per heavy atom. The van der Waals surface area contributed by atoms with Crippen LogP contribution in [-0.2, 0) is 17.6 Å². The van der Waals surface area contributed by atoms with Crippen LogP contribution in [0.3, 0.4) is 0 Å². The van der Waals surface area contributed by atoms with Crippen LogP contribution in [0.25, 0.3) is 16.2 Å². The molecule has 0 aliphatic carbocycles. The summed E-state index contributed by atoms with van der Waals surface area (Å²) in [5.41, 5.74) is 3.40. The minimum Gasteiger partial charge on any atom is -0.481 e. The van der Waals surface area contributed by atoms with Gasteiger partial charge in [0.15, 0.2) is 0 Å². The number of carboxylic acids is 1. The van der Waals surface area contributed by atoms with Gasteiger partial charge in [0.05, 0.1) is 17.0 Å². The van der Waals surface area contributed by atoms with Crippen LogP contribution < -0.4 is 0 Å². The van der Waals surface area contributed by atoms with Crippen LogP contribution in [0.4, 0.5) is 0 Å². The van der Waals surface area contributed by atoms with Crippen LogP contribution in [0.5, 0.6) is 0 Å². The molecule has 3 aromatic rings. The maximum Gasteiger partial charge on any atom is 0.309 e. The molecule has 1 N–H and O–H groups in total. The number of aromatic nitrogens is 2. The fourth-order valence-corrected chi connectivity index (χ4v) is 3.36. The van der Waals surface area contributed by atoms with Gasteiger partial charge in [0.2, 0.25) is 0 Å². The molecule has 4 nitrogen and oxygen atoms in total. The topological polar surface area (TPSA) is 54.6 Å². The van der Waals surface area contributed by atoms with Crippen LogP contribution in [0.15, 0.2) is 30.5 Å². The van der Waals surface area contributed by atoms with Crippen LogP contribution in [-0.4, -0.2) is 20.5 Å². The lowest BCUT2D eigenvalue weighted by atomic mass is 10.2. The number of aryl methyl sites for hydroxylation is 2. The van der Waals surface area contributed by atoms with Gasteiger partial charge in [-0.25, -0.2) is 4.98 Å². The van der Waals surface area contributed by atoms with E-state index >= 15 is 0 Å². The number of thiophene rings is 1. The Morgan fingerprint density at radius 3 is 2.81 bits per heavy atom. The number of pyridine rings is 1. The van der Waals surface area contributed by atoms with Crippen molar-refractivity contribution in [2.24, 2.45) is 0 Å². The van der Waals surface area contributed by atoms with Gasteiger partial charge in [0, 0.05) is 11.1 Å². The highest BCUT2D eigenvalue weighted by molar-refractivity contribution is 7.15. The summed E-state index contributed by atoms with van der Waals surface area (Å²) in [6, 6.07) is 8.03. The van der Waals surface area contributed by atoms with Crippen molar-refractivity contribution in [3.05, 3.63) is 46.6 Å². The molecule has 21 heavy (non-hydrogen) atoms. The molecule has 0 bridgehead atoms. The molecule has 0 amide bonds. The van der Waals surface area contributed by atoms with Gasteiger partial charge in [-0.15, -0.1) is 11.3 Å². The summed E-state index contributed by atoms with van der Waals surface area (Å²) in [7, 11) is 0. The molecule has 3 heterocycles. The lowest BCUT2D eigenvalue weighted by Gasteiger charge is -2.02. The second-order valence-corrected chi connectivity index (χ2v) is 6.20. The molecule has 0 radical (unpaired) electrons. The zero-order valence-corrected chi connectivity index (χ0v) is 12.8. The van der Waals surface area contributed by atoms with Gasteiger partial charge in [-0.2, -0.15) is 0 Å². The van der Waals surface area contributed by atoms with Gasteiger partial charge in [-0.1, -0.05) is 13.0 Å². The zero-order valence-electron chi connectivity index (χ0n) is 12.0. The largest absolute Gasteiger partial charge is 0.481 e. The van der Waals surface area contributed by atoms with Gasteiger partial charge < -0.3 is 9.51 Å². The Bertz CT molecular complexity index is 817. The van der Waals surface area contributed by atoms with Gasteiger partial charge >= 0.3 is 5.97 Å². The van der Waals surface area contributed by atoms with E-state index in [1.807, 2.05) is 35.7 Å². The molecule has 0 fully saturated rings. The van der Waals surface area contributed by atoms with Crippen molar-refractivity contribution in [1.82, 2.24) is 9.38 Å². The molecule has 0 saturated carbocycles. The van der Waals surface area contributed by atoms with Crippen molar-refractivity contribution in [2.75, 3.05) is 0 Å². The lowest BCUT2D eigenvalue weighted by molar-refractivity contribution is -0.136. The average Bonchev–Trinajstić information content (AvgIpc) is 3.03. The van der Waals surface area contributed by atoms with E-state index in [-0.39, 0.29) is 6.42 Å².